The summed E-state index contributed by atoms with van der Waals surface area (Å²) in [6.07, 6.45) is 3.02. The van der Waals surface area contributed by atoms with Gasteiger partial charge in [0.05, 0.1) is 10.9 Å². The van der Waals surface area contributed by atoms with Gasteiger partial charge in [-0.05, 0) is 43.6 Å². The molecule has 0 aliphatic carbocycles. The van der Waals surface area contributed by atoms with E-state index in [1.807, 2.05) is 19.1 Å². The monoisotopic (exact) mass is 396 g/mol. The molecule has 5 nitrogen and oxygen atoms in total. The van der Waals surface area contributed by atoms with Crippen LogP contribution in [0.3, 0.4) is 0 Å². The molecule has 8 heteroatoms. The Kier molecular flexibility index (Phi) is 4.62. The number of hydrogen-bond donors (Lipinski definition) is 1. The molecule has 1 saturated heterocycles. The molecule has 3 heterocycles. The topological polar surface area (TPSA) is 53.7 Å². The number of aryl methyl sites for hydroxylation is 1. The minimum Gasteiger partial charge on any atom is -0.492 e. The highest BCUT2D eigenvalue weighted by Crippen LogP contribution is 2.43. The van der Waals surface area contributed by atoms with Crippen molar-refractivity contribution < 1.29 is 5.11 Å². The minimum atomic E-state index is -0.120. The van der Waals surface area contributed by atoms with E-state index in [2.05, 4.69) is 15.0 Å². The van der Waals surface area contributed by atoms with Crippen LogP contribution in [0.1, 0.15) is 42.1 Å². The van der Waals surface area contributed by atoms with Crippen molar-refractivity contribution in [2.24, 2.45) is 0 Å². The Balaban J connectivity index is 1.85. The molecule has 0 amide bonds. The van der Waals surface area contributed by atoms with Crippen LogP contribution in [-0.2, 0) is 6.42 Å². The van der Waals surface area contributed by atoms with Crippen LogP contribution in [0, 0.1) is 0 Å². The fraction of sp³-hybridized carbons (Fsp3) is 0.412. The molecule has 2 aromatic heterocycles. The molecule has 0 spiro atoms. The first-order valence-electron chi connectivity index (χ1n) is 8.34. The second kappa shape index (κ2) is 6.76. The summed E-state index contributed by atoms with van der Waals surface area (Å²) in [5.41, 5.74) is 0.948. The van der Waals surface area contributed by atoms with Gasteiger partial charge in [0.15, 0.2) is 5.82 Å². The first-order chi connectivity index (χ1) is 12.1. The Bertz CT molecular complexity index is 917. The molecule has 1 aliphatic heterocycles. The van der Waals surface area contributed by atoms with E-state index in [1.165, 1.54) is 15.9 Å². The lowest BCUT2D eigenvalue weighted by molar-refractivity contribution is 0.277. The maximum Gasteiger partial charge on any atom is 0.230 e. The van der Waals surface area contributed by atoms with Gasteiger partial charge in [0.1, 0.15) is 0 Å². The molecule has 3 aromatic rings. The third-order valence-electron chi connectivity index (χ3n) is 4.57. The summed E-state index contributed by atoms with van der Waals surface area (Å²) in [5, 5.41) is 16.4. The van der Waals surface area contributed by atoms with Crippen molar-refractivity contribution in [2.45, 2.75) is 32.2 Å². The van der Waals surface area contributed by atoms with Crippen LogP contribution in [-0.4, -0.2) is 37.7 Å². The Hall–Kier alpha value is -1.34. The van der Waals surface area contributed by atoms with E-state index in [0.717, 1.165) is 48.6 Å². The van der Waals surface area contributed by atoms with E-state index in [1.54, 1.807) is 6.07 Å². The van der Waals surface area contributed by atoms with Gasteiger partial charge in [-0.25, -0.2) is 4.98 Å². The average Bonchev–Trinajstić information content (AvgIpc) is 3.29. The van der Waals surface area contributed by atoms with E-state index < -0.39 is 0 Å². The summed E-state index contributed by atoms with van der Waals surface area (Å²) in [7, 11) is 0. The normalized spacial score (nSPS) is 16.8. The Morgan fingerprint density at radius 1 is 1.28 bits per heavy atom. The summed E-state index contributed by atoms with van der Waals surface area (Å²) in [6.45, 7) is 3.94. The first-order valence-corrected chi connectivity index (χ1v) is 9.92. The molecule has 1 fully saturated rings. The molecule has 1 aromatic carbocycles. The molecule has 1 atom stereocenters. The maximum atomic E-state index is 10.8. The summed E-state index contributed by atoms with van der Waals surface area (Å²) >= 11 is 14.0. The highest BCUT2D eigenvalue weighted by molar-refractivity contribution is 7.17. The molecule has 0 unspecified atom stereocenters. The number of halogens is 2. The predicted molar refractivity (Wildman–Crippen MR) is 101 cm³/mol. The SMILES string of the molecule is CCc1nc2sc([C@@H](c3ccc(Cl)cc3Cl)N3CCCC3)c(O)n2n1. The van der Waals surface area contributed by atoms with Crippen LogP contribution in [0.15, 0.2) is 18.2 Å². The third kappa shape index (κ3) is 3.01. The lowest BCUT2D eigenvalue weighted by atomic mass is 10.0. The number of aromatic hydroxyl groups is 1. The van der Waals surface area contributed by atoms with E-state index >= 15 is 0 Å². The molecule has 1 N–H and O–H groups in total. The van der Waals surface area contributed by atoms with Gasteiger partial charge in [0, 0.05) is 16.5 Å². The second-order valence-electron chi connectivity index (χ2n) is 6.18. The molecule has 1 aliphatic rings. The summed E-state index contributed by atoms with van der Waals surface area (Å²) in [5.74, 6) is 0.880. The van der Waals surface area contributed by atoms with E-state index in [0.29, 0.717) is 15.0 Å². The number of fused-ring (bicyclic) bond motifs is 1. The molecule has 0 radical (unpaired) electrons. The summed E-state index contributed by atoms with van der Waals surface area (Å²) < 4.78 is 1.53. The lowest BCUT2D eigenvalue weighted by Crippen LogP contribution is -2.26. The second-order valence-corrected chi connectivity index (χ2v) is 8.03. The third-order valence-corrected chi connectivity index (χ3v) is 6.21. The quantitative estimate of drug-likeness (QED) is 0.702. The van der Waals surface area contributed by atoms with Crippen molar-refractivity contribution in [1.29, 1.82) is 0 Å². The summed E-state index contributed by atoms with van der Waals surface area (Å²) in [4.78, 5) is 8.37. The zero-order valence-electron chi connectivity index (χ0n) is 13.7. The number of rotatable bonds is 4. The largest absolute Gasteiger partial charge is 0.492 e. The number of benzene rings is 1. The standard InChI is InChI=1S/C17H18Cl2N4OS/c1-2-13-20-17-23(21-13)16(24)15(25-17)14(22-7-3-4-8-22)11-6-5-10(18)9-12(11)19/h5-6,9,14,24H,2-4,7-8H2,1H3/t14-/m1/s1. The van der Waals surface area contributed by atoms with Crippen LogP contribution in [0.4, 0.5) is 0 Å². The summed E-state index contributed by atoms with van der Waals surface area (Å²) in [6, 6.07) is 5.42. The van der Waals surface area contributed by atoms with Gasteiger partial charge in [-0.1, -0.05) is 47.5 Å². The van der Waals surface area contributed by atoms with Crippen molar-refractivity contribution in [2.75, 3.05) is 13.1 Å². The van der Waals surface area contributed by atoms with E-state index in [4.69, 9.17) is 23.2 Å². The fourth-order valence-electron chi connectivity index (χ4n) is 3.35. The van der Waals surface area contributed by atoms with Gasteiger partial charge in [0.25, 0.3) is 0 Å². The number of likely N-dealkylation sites (tertiary alicyclic amines) is 1. The van der Waals surface area contributed by atoms with E-state index in [-0.39, 0.29) is 11.9 Å². The molecular weight excluding hydrogens is 379 g/mol. The number of aromatic nitrogens is 3. The van der Waals surface area contributed by atoms with Crippen LogP contribution in [0.2, 0.25) is 10.0 Å². The van der Waals surface area contributed by atoms with Gasteiger partial charge in [-0.2, -0.15) is 4.52 Å². The van der Waals surface area contributed by atoms with Gasteiger partial charge in [-0.3, -0.25) is 4.90 Å². The molecule has 0 bridgehead atoms. The lowest BCUT2D eigenvalue weighted by Gasteiger charge is -2.27. The molecule has 25 heavy (non-hydrogen) atoms. The van der Waals surface area contributed by atoms with Crippen molar-refractivity contribution in [3.8, 4) is 5.88 Å². The Morgan fingerprint density at radius 2 is 2.04 bits per heavy atom. The predicted octanol–water partition coefficient (Wildman–Crippen LogP) is 4.55. The van der Waals surface area contributed by atoms with E-state index in [9.17, 15) is 5.11 Å². The molecule has 132 valence electrons. The highest BCUT2D eigenvalue weighted by Gasteiger charge is 2.32. The van der Waals surface area contributed by atoms with Gasteiger partial charge in [0.2, 0.25) is 10.8 Å². The van der Waals surface area contributed by atoms with Crippen molar-refractivity contribution >= 4 is 39.5 Å². The van der Waals surface area contributed by atoms with Crippen molar-refractivity contribution in [3.63, 3.8) is 0 Å². The molecular formula is C17H18Cl2N4OS. The van der Waals surface area contributed by atoms with Gasteiger partial charge >= 0.3 is 0 Å². The number of thiazole rings is 1. The Labute approximate surface area is 159 Å². The number of nitrogens with zero attached hydrogens (tertiary/aromatic N) is 4. The fourth-order valence-corrected chi connectivity index (χ4v) is 4.98. The van der Waals surface area contributed by atoms with Gasteiger partial charge < -0.3 is 5.11 Å². The zero-order valence-corrected chi connectivity index (χ0v) is 16.1. The highest BCUT2D eigenvalue weighted by atomic mass is 35.5. The average molecular weight is 397 g/mol. The van der Waals surface area contributed by atoms with Crippen LogP contribution in [0.25, 0.3) is 4.96 Å². The molecule has 0 saturated carbocycles. The number of hydrogen-bond acceptors (Lipinski definition) is 5. The van der Waals surface area contributed by atoms with Gasteiger partial charge in [-0.15, -0.1) is 5.10 Å². The molecule has 4 rings (SSSR count). The van der Waals surface area contributed by atoms with Crippen molar-refractivity contribution in [1.82, 2.24) is 19.5 Å². The Morgan fingerprint density at radius 3 is 2.68 bits per heavy atom. The van der Waals surface area contributed by atoms with Crippen molar-refractivity contribution in [3.05, 3.63) is 44.5 Å². The minimum absolute atomic E-state index is 0.120. The van der Waals surface area contributed by atoms with Crippen LogP contribution >= 0.6 is 34.5 Å². The maximum absolute atomic E-state index is 10.8. The smallest absolute Gasteiger partial charge is 0.230 e. The zero-order chi connectivity index (χ0) is 17.6. The van der Waals surface area contributed by atoms with Crippen LogP contribution < -0.4 is 0 Å². The van der Waals surface area contributed by atoms with Crippen LogP contribution in [0.5, 0.6) is 5.88 Å². The first kappa shape index (κ1) is 17.1.